The summed E-state index contributed by atoms with van der Waals surface area (Å²) in [5.74, 6) is 0.350. The van der Waals surface area contributed by atoms with Gasteiger partial charge in [-0.3, -0.25) is 0 Å². The van der Waals surface area contributed by atoms with Gasteiger partial charge in [0.2, 0.25) is 10.0 Å². The van der Waals surface area contributed by atoms with Gasteiger partial charge in [0.25, 0.3) is 0 Å². The standard InChI is InChI=1S/C13H20BrN3O3S/c1-2-15-13-12(7-10(14)8-16-13)21(19,20)17-6-4-3-5-11(17)9-18/h7-8,11,18H,2-6,9H2,1H3,(H,15,16). The van der Waals surface area contributed by atoms with Crippen molar-refractivity contribution in [2.75, 3.05) is 25.0 Å². The van der Waals surface area contributed by atoms with E-state index >= 15 is 0 Å². The average molecular weight is 378 g/mol. The Balaban J connectivity index is 2.45. The second kappa shape index (κ2) is 7.04. The summed E-state index contributed by atoms with van der Waals surface area (Å²) in [4.78, 5) is 4.31. The topological polar surface area (TPSA) is 82.5 Å². The van der Waals surface area contributed by atoms with Gasteiger partial charge in [0.15, 0.2) is 0 Å². The third kappa shape index (κ3) is 3.56. The van der Waals surface area contributed by atoms with Gasteiger partial charge in [0.05, 0.1) is 6.61 Å². The molecule has 1 unspecified atom stereocenters. The summed E-state index contributed by atoms with van der Waals surface area (Å²) in [5.41, 5.74) is 0. The Labute approximate surface area is 133 Å². The van der Waals surface area contributed by atoms with Crippen molar-refractivity contribution in [3.05, 3.63) is 16.7 Å². The SMILES string of the molecule is CCNc1ncc(Br)cc1S(=O)(=O)N1CCCCC1CO. The number of rotatable bonds is 5. The fourth-order valence-corrected chi connectivity index (χ4v) is 4.83. The Hall–Kier alpha value is -0.700. The molecule has 0 aromatic carbocycles. The Morgan fingerprint density at radius 1 is 1.52 bits per heavy atom. The first kappa shape index (κ1) is 16.7. The third-order valence-electron chi connectivity index (χ3n) is 3.53. The van der Waals surface area contributed by atoms with Crippen molar-refractivity contribution in [3.63, 3.8) is 0 Å². The molecule has 2 N–H and O–H groups in total. The fraction of sp³-hybridized carbons (Fsp3) is 0.615. The summed E-state index contributed by atoms with van der Waals surface area (Å²) < 4.78 is 27.9. The number of piperidine rings is 1. The lowest BCUT2D eigenvalue weighted by atomic mass is 10.1. The zero-order valence-corrected chi connectivity index (χ0v) is 14.3. The van der Waals surface area contributed by atoms with E-state index in [1.807, 2.05) is 6.92 Å². The molecule has 0 radical (unpaired) electrons. The number of nitrogens with zero attached hydrogens (tertiary/aromatic N) is 2. The molecule has 1 aromatic heterocycles. The van der Waals surface area contributed by atoms with Crippen LogP contribution in [0.25, 0.3) is 0 Å². The molecular weight excluding hydrogens is 358 g/mol. The molecule has 2 rings (SSSR count). The van der Waals surface area contributed by atoms with Crippen LogP contribution in [-0.2, 0) is 10.0 Å². The van der Waals surface area contributed by atoms with Gasteiger partial charge in [0.1, 0.15) is 10.7 Å². The van der Waals surface area contributed by atoms with E-state index in [0.717, 1.165) is 12.8 Å². The number of hydrogen-bond donors (Lipinski definition) is 2. The summed E-state index contributed by atoms with van der Waals surface area (Å²) in [5, 5.41) is 12.4. The molecule has 118 valence electrons. The molecule has 0 amide bonds. The number of nitrogens with one attached hydrogen (secondary N) is 1. The average Bonchev–Trinajstić information content (AvgIpc) is 2.49. The molecule has 0 saturated carbocycles. The fourth-order valence-electron chi connectivity index (χ4n) is 2.52. The maximum atomic E-state index is 12.9. The van der Waals surface area contributed by atoms with Crippen molar-refractivity contribution < 1.29 is 13.5 Å². The number of anilines is 1. The van der Waals surface area contributed by atoms with E-state index in [-0.39, 0.29) is 17.5 Å². The molecule has 1 aliphatic heterocycles. The molecule has 1 aliphatic rings. The van der Waals surface area contributed by atoms with Crippen molar-refractivity contribution >= 4 is 31.8 Å². The Morgan fingerprint density at radius 2 is 2.29 bits per heavy atom. The molecule has 21 heavy (non-hydrogen) atoms. The van der Waals surface area contributed by atoms with Gasteiger partial charge in [-0.15, -0.1) is 0 Å². The van der Waals surface area contributed by atoms with E-state index in [4.69, 9.17) is 0 Å². The first-order valence-corrected chi connectivity index (χ1v) is 9.26. The van der Waals surface area contributed by atoms with Crippen LogP contribution in [0.2, 0.25) is 0 Å². The number of halogens is 1. The van der Waals surface area contributed by atoms with E-state index < -0.39 is 10.0 Å². The Morgan fingerprint density at radius 3 is 2.95 bits per heavy atom. The van der Waals surface area contributed by atoms with Gasteiger partial charge >= 0.3 is 0 Å². The largest absolute Gasteiger partial charge is 0.395 e. The third-order valence-corrected chi connectivity index (χ3v) is 5.93. The lowest BCUT2D eigenvalue weighted by Gasteiger charge is -2.33. The van der Waals surface area contributed by atoms with Gasteiger partial charge in [-0.05, 0) is 41.8 Å². The molecular formula is C13H20BrN3O3S. The van der Waals surface area contributed by atoms with Crippen LogP contribution in [0.15, 0.2) is 21.6 Å². The lowest BCUT2D eigenvalue weighted by molar-refractivity contribution is 0.155. The second-order valence-corrected chi connectivity index (χ2v) is 7.75. The molecule has 2 heterocycles. The van der Waals surface area contributed by atoms with Crippen LogP contribution in [-0.4, -0.2) is 48.6 Å². The zero-order chi connectivity index (χ0) is 15.5. The molecule has 1 fully saturated rings. The Kier molecular flexibility index (Phi) is 5.59. The van der Waals surface area contributed by atoms with Crippen LogP contribution in [0, 0.1) is 0 Å². The number of pyridine rings is 1. The lowest BCUT2D eigenvalue weighted by Crippen LogP contribution is -2.45. The number of aromatic nitrogens is 1. The highest BCUT2D eigenvalue weighted by Gasteiger charge is 2.35. The maximum absolute atomic E-state index is 12.9. The Bertz CT molecular complexity index is 594. The minimum Gasteiger partial charge on any atom is -0.395 e. The predicted octanol–water partition coefficient (Wildman–Crippen LogP) is 1.81. The number of aliphatic hydroxyl groups is 1. The normalized spacial score (nSPS) is 20.4. The van der Waals surface area contributed by atoms with Crippen LogP contribution in [0.1, 0.15) is 26.2 Å². The van der Waals surface area contributed by atoms with E-state index in [1.54, 1.807) is 12.3 Å². The van der Waals surface area contributed by atoms with Crippen molar-refractivity contribution in [1.29, 1.82) is 0 Å². The zero-order valence-electron chi connectivity index (χ0n) is 11.9. The van der Waals surface area contributed by atoms with Gasteiger partial charge in [0, 0.05) is 29.8 Å². The van der Waals surface area contributed by atoms with E-state index in [9.17, 15) is 13.5 Å². The first-order valence-electron chi connectivity index (χ1n) is 7.02. The van der Waals surface area contributed by atoms with Crippen LogP contribution >= 0.6 is 15.9 Å². The number of aliphatic hydroxyl groups excluding tert-OH is 1. The highest BCUT2D eigenvalue weighted by molar-refractivity contribution is 9.10. The monoisotopic (exact) mass is 377 g/mol. The molecule has 0 aliphatic carbocycles. The smallest absolute Gasteiger partial charge is 0.247 e. The molecule has 0 bridgehead atoms. The minimum absolute atomic E-state index is 0.152. The van der Waals surface area contributed by atoms with E-state index in [2.05, 4.69) is 26.2 Å². The van der Waals surface area contributed by atoms with Crippen LogP contribution in [0.4, 0.5) is 5.82 Å². The van der Waals surface area contributed by atoms with Crippen LogP contribution < -0.4 is 5.32 Å². The molecule has 8 heteroatoms. The van der Waals surface area contributed by atoms with Gasteiger partial charge in [-0.25, -0.2) is 13.4 Å². The first-order chi connectivity index (χ1) is 10.0. The van der Waals surface area contributed by atoms with E-state index in [0.29, 0.717) is 29.8 Å². The molecule has 0 spiro atoms. The second-order valence-electron chi connectivity index (χ2n) is 4.98. The predicted molar refractivity (Wildman–Crippen MR) is 84.7 cm³/mol. The maximum Gasteiger partial charge on any atom is 0.247 e. The summed E-state index contributed by atoms with van der Waals surface area (Å²) in [6.07, 6.45) is 4.01. The minimum atomic E-state index is -3.68. The van der Waals surface area contributed by atoms with Crippen molar-refractivity contribution in [1.82, 2.24) is 9.29 Å². The van der Waals surface area contributed by atoms with Crippen LogP contribution in [0.3, 0.4) is 0 Å². The highest BCUT2D eigenvalue weighted by atomic mass is 79.9. The van der Waals surface area contributed by atoms with Gasteiger partial charge < -0.3 is 10.4 Å². The molecule has 1 saturated heterocycles. The van der Waals surface area contributed by atoms with Gasteiger partial charge in [-0.2, -0.15) is 4.31 Å². The molecule has 1 atom stereocenters. The summed E-state index contributed by atoms with van der Waals surface area (Å²) in [7, 11) is -3.68. The summed E-state index contributed by atoms with van der Waals surface area (Å²) >= 11 is 3.27. The van der Waals surface area contributed by atoms with Crippen molar-refractivity contribution in [2.24, 2.45) is 0 Å². The van der Waals surface area contributed by atoms with Crippen molar-refractivity contribution in [2.45, 2.75) is 37.1 Å². The summed E-state index contributed by atoms with van der Waals surface area (Å²) in [6.45, 7) is 2.75. The molecule has 1 aromatic rings. The van der Waals surface area contributed by atoms with Gasteiger partial charge in [-0.1, -0.05) is 6.42 Å². The number of hydrogen-bond acceptors (Lipinski definition) is 5. The van der Waals surface area contributed by atoms with Crippen LogP contribution in [0.5, 0.6) is 0 Å². The highest BCUT2D eigenvalue weighted by Crippen LogP contribution is 2.30. The van der Waals surface area contributed by atoms with E-state index in [1.165, 1.54) is 4.31 Å². The molecule has 6 nitrogen and oxygen atoms in total. The quantitative estimate of drug-likeness (QED) is 0.817. The van der Waals surface area contributed by atoms with Crippen molar-refractivity contribution in [3.8, 4) is 0 Å². The summed E-state index contributed by atoms with van der Waals surface area (Å²) in [6, 6.07) is 1.21. The number of sulfonamides is 1.